The summed E-state index contributed by atoms with van der Waals surface area (Å²) in [5.74, 6) is 1.56. The van der Waals surface area contributed by atoms with Crippen LogP contribution in [0.25, 0.3) is 0 Å². The van der Waals surface area contributed by atoms with Gasteiger partial charge in [0.05, 0.1) is 6.04 Å². The van der Waals surface area contributed by atoms with Crippen LogP contribution in [0.1, 0.15) is 53.4 Å². The van der Waals surface area contributed by atoms with Crippen LogP contribution < -0.4 is 11.1 Å². The molecule has 1 fully saturated rings. The van der Waals surface area contributed by atoms with E-state index >= 15 is 0 Å². The third kappa shape index (κ3) is 3.70. The number of nitrogens with one attached hydrogen (secondary N) is 1. The minimum absolute atomic E-state index is 0.0327. The molecule has 1 rings (SSSR count). The summed E-state index contributed by atoms with van der Waals surface area (Å²) in [6.45, 7) is 8.63. The molecule has 0 aliphatic heterocycles. The van der Waals surface area contributed by atoms with Crippen molar-refractivity contribution in [3.05, 3.63) is 0 Å². The van der Waals surface area contributed by atoms with Gasteiger partial charge < -0.3 is 11.1 Å². The van der Waals surface area contributed by atoms with Crippen LogP contribution in [0.2, 0.25) is 0 Å². The van der Waals surface area contributed by atoms with Crippen molar-refractivity contribution in [3.8, 4) is 0 Å². The van der Waals surface area contributed by atoms with Gasteiger partial charge in [-0.3, -0.25) is 4.79 Å². The van der Waals surface area contributed by atoms with Crippen molar-refractivity contribution in [2.24, 2.45) is 23.5 Å². The smallest absolute Gasteiger partial charge is 0.237 e. The standard InChI is InChI=1S/C14H28N2O/c1-5-9(2)13(15)14(17)16-12-8-6-7-10(3)11(12)4/h9-13H,5-8,15H2,1-4H3,(H,16,17)/t9-,10?,11?,12?,13-/m1/s1. The molecule has 0 bridgehead atoms. The van der Waals surface area contributed by atoms with Crippen LogP contribution in [0.3, 0.4) is 0 Å². The SMILES string of the molecule is CC[C@@H](C)[C@@H](N)C(=O)NC1CCCC(C)C1C. The van der Waals surface area contributed by atoms with E-state index in [2.05, 4.69) is 26.1 Å². The van der Waals surface area contributed by atoms with E-state index in [1.165, 1.54) is 12.8 Å². The predicted molar refractivity (Wildman–Crippen MR) is 71.5 cm³/mol. The Morgan fingerprint density at radius 3 is 2.65 bits per heavy atom. The molecule has 17 heavy (non-hydrogen) atoms. The molecular weight excluding hydrogens is 212 g/mol. The first kappa shape index (κ1) is 14.5. The zero-order valence-electron chi connectivity index (χ0n) is 11.7. The summed E-state index contributed by atoms with van der Waals surface area (Å²) < 4.78 is 0. The van der Waals surface area contributed by atoms with Crippen LogP contribution in [0, 0.1) is 17.8 Å². The molecular formula is C14H28N2O. The third-order valence-corrected chi connectivity index (χ3v) is 4.59. The fourth-order valence-corrected chi connectivity index (χ4v) is 2.58. The molecule has 0 heterocycles. The van der Waals surface area contributed by atoms with Crippen molar-refractivity contribution in [2.45, 2.75) is 65.5 Å². The Labute approximate surface area is 106 Å². The second-order valence-electron chi connectivity index (χ2n) is 5.79. The van der Waals surface area contributed by atoms with Crippen LogP contribution in [-0.2, 0) is 4.79 Å². The predicted octanol–water partition coefficient (Wildman–Crippen LogP) is 2.30. The van der Waals surface area contributed by atoms with E-state index in [1.54, 1.807) is 0 Å². The summed E-state index contributed by atoms with van der Waals surface area (Å²) in [6, 6.07) is -0.0363. The van der Waals surface area contributed by atoms with Gasteiger partial charge >= 0.3 is 0 Å². The fourth-order valence-electron chi connectivity index (χ4n) is 2.58. The van der Waals surface area contributed by atoms with E-state index in [0.29, 0.717) is 17.9 Å². The van der Waals surface area contributed by atoms with Crippen molar-refractivity contribution < 1.29 is 4.79 Å². The normalized spacial score (nSPS) is 32.9. The minimum Gasteiger partial charge on any atom is -0.352 e. The highest BCUT2D eigenvalue weighted by Crippen LogP contribution is 2.29. The van der Waals surface area contributed by atoms with E-state index in [1.807, 2.05) is 6.92 Å². The molecule has 3 heteroatoms. The summed E-state index contributed by atoms with van der Waals surface area (Å²) in [5.41, 5.74) is 5.96. The molecule has 100 valence electrons. The average molecular weight is 240 g/mol. The molecule has 1 aliphatic carbocycles. The van der Waals surface area contributed by atoms with E-state index in [4.69, 9.17) is 5.73 Å². The molecule has 0 saturated heterocycles. The van der Waals surface area contributed by atoms with Gasteiger partial charge in [-0.1, -0.05) is 47.0 Å². The Balaban J connectivity index is 2.50. The average Bonchev–Trinajstić information content (AvgIpc) is 2.32. The molecule has 3 N–H and O–H groups in total. The van der Waals surface area contributed by atoms with Crippen LogP contribution in [0.4, 0.5) is 0 Å². The molecule has 1 aliphatic rings. The van der Waals surface area contributed by atoms with Crippen molar-refractivity contribution in [3.63, 3.8) is 0 Å². The van der Waals surface area contributed by atoms with Gasteiger partial charge in [-0.05, 0) is 24.2 Å². The molecule has 0 radical (unpaired) electrons. The Morgan fingerprint density at radius 1 is 1.41 bits per heavy atom. The Bertz CT molecular complexity index is 255. The molecule has 0 aromatic carbocycles. The summed E-state index contributed by atoms with van der Waals surface area (Å²) >= 11 is 0. The van der Waals surface area contributed by atoms with Gasteiger partial charge in [0.2, 0.25) is 5.91 Å². The van der Waals surface area contributed by atoms with E-state index in [0.717, 1.165) is 12.8 Å². The maximum atomic E-state index is 12.0. The Hall–Kier alpha value is -0.570. The van der Waals surface area contributed by atoms with Crippen molar-refractivity contribution >= 4 is 5.91 Å². The molecule has 0 aromatic heterocycles. The second kappa shape index (κ2) is 6.39. The second-order valence-corrected chi connectivity index (χ2v) is 5.79. The highest BCUT2D eigenvalue weighted by Gasteiger charge is 2.30. The fraction of sp³-hybridized carbons (Fsp3) is 0.929. The maximum absolute atomic E-state index is 12.0. The first-order valence-corrected chi connectivity index (χ1v) is 7.03. The van der Waals surface area contributed by atoms with Gasteiger partial charge in [-0.15, -0.1) is 0 Å². The Morgan fingerprint density at radius 2 is 2.06 bits per heavy atom. The lowest BCUT2D eigenvalue weighted by molar-refractivity contribution is -0.124. The van der Waals surface area contributed by atoms with Crippen molar-refractivity contribution in [2.75, 3.05) is 0 Å². The molecule has 0 spiro atoms. The Kier molecular flexibility index (Phi) is 5.44. The first-order valence-electron chi connectivity index (χ1n) is 7.03. The number of nitrogens with two attached hydrogens (primary N) is 1. The van der Waals surface area contributed by atoms with E-state index < -0.39 is 0 Å². The van der Waals surface area contributed by atoms with Gasteiger partial charge in [-0.25, -0.2) is 0 Å². The van der Waals surface area contributed by atoms with Gasteiger partial charge in [-0.2, -0.15) is 0 Å². The lowest BCUT2D eigenvalue weighted by atomic mass is 9.78. The van der Waals surface area contributed by atoms with E-state index in [-0.39, 0.29) is 17.9 Å². The monoisotopic (exact) mass is 240 g/mol. The molecule has 1 amide bonds. The quantitative estimate of drug-likeness (QED) is 0.792. The van der Waals surface area contributed by atoms with Crippen LogP contribution in [-0.4, -0.2) is 18.0 Å². The number of hydrogen-bond donors (Lipinski definition) is 2. The largest absolute Gasteiger partial charge is 0.352 e. The third-order valence-electron chi connectivity index (χ3n) is 4.59. The molecule has 1 saturated carbocycles. The topological polar surface area (TPSA) is 55.1 Å². The number of carbonyl (C=O) groups excluding carboxylic acids is 1. The highest BCUT2D eigenvalue weighted by molar-refractivity contribution is 5.82. The van der Waals surface area contributed by atoms with Crippen molar-refractivity contribution in [1.29, 1.82) is 0 Å². The first-order chi connectivity index (χ1) is 7.97. The number of hydrogen-bond acceptors (Lipinski definition) is 2. The lowest BCUT2D eigenvalue weighted by Gasteiger charge is -2.35. The van der Waals surface area contributed by atoms with E-state index in [9.17, 15) is 4.79 Å². The zero-order valence-corrected chi connectivity index (χ0v) is 11.7. The number of carbonyl (C=O) groups is 1. The summed E-state index contributed by atoms with van der Waals surface area (Å²) in [6.07, 6.45) is 4.55. The number of rotatable bonds is 4. The lowest BCUT2D eigenvalue weighted by Crippen LogP contribution is -2.51. The summed E-state index contributed by atoms with van der Waals surface area (Å²) in [5, 5.41) is 3.15. The minimum atomic E-state index is -0.357. The van der Waals surface area contributed by atoms with Crippen LogP contribution in [0.5, 0.6) is 0 Å². The molecule has 0 aromatic rings. The van der Waals surface area contributed by atoms with Gasteiger partial charge in [0.25, 0.3) is 0 Å². The summed E-state index contributed by atoms with van der Waals surface area (Å²) in [7, 11) is 0. The number of amides is 1. The maximum Gasteiger partial charge on any atom is 0.237 e. The summed E-state index contributed by atoms with van der Waals surface area (Å²) in [4.78, 5) is 12.0. The van der Waals surface area contributed by atoms with Gasteiger partial charge in [0, 0.05) is 6.04 Å². The molecule has 3 unspecified atom stereocenters. The van der Waals surface area contributed by atoms with Gasteiger partial charge in [0.1, 0.15) is 0 Å². The zero-order chi connectivity index (χ0) is 13.0. The van der Waals surface area contributed by atoms with Crippen LogP contribution in [0.15, 0.2) is 0 Å². The molecule has 3 nitrogen and oxygen atoms in total. The highest BCUT2D eigenvalue weighted by atomic mass is 16.2. The van der Waals surface area contributed by atoms with Crippen LogP contribution >= 0.6 is 0 Å². The van der Waals surface area contributed by atoms with Gasteiger partial charge in [0.15, 0.2) is 0 Å². The molecule has 5 atom stereocenters. The van der Waals surface area contributed by atoms with Crippen molar-refractivity contribution in [1.82, 2.24) is 5.32 Å².